The van der Waals surface area contributed by atoms with Crippen molar-refractivity contribution in [3.05, 3.63) is 69.6 Å². The summed E-state index contributed by atoms with van der Waals surface area (Å²) in [6, 6.07) is 13.0. The molecule has 1 atom stereocenters. The molecule has 0 aliphatic rings. The molecule has 1 unspecified atom stereocenters. The van der Waals surface area contributed by atoms with Gasteiger partial charge in [0.1, 0.15) is 0 Å². The summed E-state index contributed by atoms with van der Waals surface area (Å²) in [5.41, 5.74) is 9.41. The maximum absolute atomic E-state index is 5.90. The fourth-order valence-electron chi connectivity index (χ4n) is 2.86. The molecule has 3 N–H and O–H groups in total. The number of nitrogens with two attached hydrogens (primary N) is 1. The number of benzene rings is 2. The largest absolute Gasteiger partial charge is 0.271 e. The van der Waals surface area contributed by atoms with E-state index in [-0.39, 0.29) is 6.04 Å². The molecule has 3 rings (SSSR count). The second-order valence-corrected chi connectivity index (χ2v) is 6.49. The molecule has 3 heteroatoms. The Morgan fingerprint density at radius 3 is 2.43 bits per heavy atom. The molecule has 0 radical (unpaired) electrons. The van der Waals surface area contributed by atoms with Gasteiger partial charge in [-0.3, -0.25) is 5.84 Å². The molecule has 2 aromatic carbocycles. The summed E-state index contributed by atoms with van der Waals surface area (Å²) in [5, 5.41) is 3.49. The zero-order valence-electron chi connectivity index (χ0n) is 12.6. The predicted octanol–water partition coefficient (Wildman–Crippen LogP) is 4.38. The van der Waals surface area contributed by atoms with Gasteiger partial charge in [0, 0.05) is 4.70 Å². The van der Waals surface area contributed by atoms with Gasteiger partial charge in [-0.15, -0.1) is 11.3 Å². The van der Waals surface area contributed by atoms with Gasteiger partial charge < -0.3 is 0 Å². The summed E-state index contributed by atoms with van der Waals surface area (Å²) in [6.07, 6.45) is 0. The normalized spacial score (nSPS) is 12.8. The van der Waals surface area contributed by atoms with Crippen molar-refractivity contribution >= 4 is 21.4 Å². The van der Waals surface area contributed by atoms with Gasteiger partial charge in [0.2, 0.25) is 0 Å². The monoisotopic (exact) mass is 296 g/mol. The predicted molar refractivity (Wildman–Crippen MR) is 91.6 cm³/mol. The Labute approximate surface area is 129 Å². The molecule has 0 bridgehead atoms. The van der Waals surface area contributed by atoms with Crippen LogP contribution in [0.3, 0.4) is 0 Å². The van der Waals surface area contributed by atoms with Crippen LogP contribution in [0.15, 0.2) is 41.8 Å². The van der Waals surface area contributed by atoms with Gasteiger partial charge in [0.25, 0.3) is 0 Å². The fraction of sp³-hybridized carbons (Fsp3) is 0.222. The summed E-state index contributed by atoms with van der Waals surface area (Å²) >= 11 is 1.77. The summed E-state index contributed by atoms with van der Waals surface area (Å²) < 4.78 is 1.30. The molecule has 0 amide bonds. The Morgan fingerprint density at radius 1 is 0.952 bits per heavy atom. The SMILES string of the molecule is Cc1cc(C)c(C(NN)c2csc3ccccc23)cc1C. The molecule has 2 nitrogen and oxygen atoms in total. The summed E-state index contributed by atoms with van der Waals surface area (Å²) in [7, 11) is 0. The van der Waals surface area contributed by atoms with E-state index < -0.39 is 0 Å². The number of nitrogens with one attached hydrogen (secondary N) is 1. The van der Waals surface area contributed by atoms with Crippen LogP contribution in [0.25, 0.3) is 10.1 Å². The van der Waals surface area contributed by atoms with Crippen LogP contribution >= 0.6 is 11.3 Å². The Kier molecular flexibility index (Phi) is 3.81. The summed E-state index contributed by atoms with van der Waals surface area (Å²) in [6.45, 7) is 6.45. The Morgan fingerprint density at radius 2 is 1.67 bits per heavy atom. The number of hydrogen-bond donors (Lipinski definition) is 2. The van der Waals surface area contributed by atoms with E-state index in [1.165, 1.54) is 37.9 Å². The number of thiophene rings is 1. The quantitative estimate of drug-likeness (QED) is 0.556. The molecule has 0 aliphatic carbocycles. The topological polar surface area (TPSA) is 38.0 Å². The van der Waals surface area contributed by atoms with E-state index in [9.17, 15) is 0 Å². The molecular formula is C18H20N2S. The molecule has 1 heterocycles. The third kappa shape index (κ3) is 2.48. The zero-order chi connectivity index (χ0) is 15.0. The zero-order valence-corrected chi connectivity index (χ0v) is 13.4. The first-order valence-electron chi connectivity index (χ1n) is 7.12. The lowest BCUT2D eigenvalue weighted by molar-refractivity contribution is 0.638. The average Bonchev–Trinajstić information content (AvgIpc) is 2.89. The van der Waals surface area contributed by atoms with E-state index in [4.69, 9.17) is 5.84 Å². The molecule has 0 spiro atoms. The van der Waals surface area contributed by atoms with E-state index >= 15 is 0 Å². The van der Waals surface area contributed by atoms with Crippen LogP contribution in [0, 0.1) is 20.8 Å². The average molecular weight is 296 g/mol. The first kappa shape index (κ1) is 14.3. The highest BCUT2D eigenvalue weighted by Crippen LogP contribution is 2.34. The van der Waals surface area contributed by atoms with Gasteiger partial charge >= 0.3 is 0 Å². The van der Waals surface area contributed by atoms with Crippen molar-refractivity contribution in [3.63, 3.8) is 0 Å². The molecular weight excluding hydrogens is 276 g/mol. The number of rotatable bonds is 3. The molecule has 0 fully saturated rings. The van der Waals surface area contributed by atoms with Crippen molar-refractivity contribution in [3.8, 4) is 0 Å². The van der Waals surface area contributed by atoms with Crippen molar-refractivity contribution < 1.29 is 0 Å². The summed E-state index contributed by atoms with van der Waals surface area (Å²) in [5.74, 6) is 5.90. The van der Waals surface area contributed by atoms with Gasteiger partial charge in [-0.25, -0.2) is 5.43 Å². The number of hydrogen-bond acceptors (Lipinski definition) is 3. The molecule has 0 aliphatic heterocycles. The minimum Gasteiger partial charge on any atom is -0.271 e. The Hall–Kier alpha value is -1.68. The smallest absolute Gasteiger partial charge is 0.0726 e. The van der Waals surface area contributed by atoms with Crippen LogP contribution < -0.4 is 11.3 Å². The Bertz CT molecular complexity index is 789. The van der Waals surface area contributed by atoms with Crippen molar-refractivity contribution in [2.24, 2.45) is 5.84 Å². The van der Waals surface area contributed by atoms with Gasteiger partial charge in [-0.05, 0) is 65.4 Å². The Balaban J connectivity index is 2.17. The lowest BCUT2D eigenvalue weighted by Crippen LogP contribution is -2.29. The highest BCUT2D eigenvalue weighted by molar-refractivity contribution is 7.17. The van der Waals surface area contributed by atoms with Crippen LogP contribution in [0.4, 0.5) is 0 Å². The van der Waals surface area contributed by atoms with Crippen LogP contribution in [0.5, 0.6) is 0 Å². The number of hydrazine groups is 1. The molecule has 21 heavy (non-hydrogen) atoms. The van der Waals surface area contributed by atoms with E-state index in [1.54, 1.807) is 11.3 Å². The van der Waals surface area contributed by atoms with E-state index in [0.29, 0.717) is 0 Å². The molecule has 0 saturated carbocycles. The van der Waals surface area contributed by atoms with Gasteiger partial charge in [0.05, 0.1) is 6.04 Å². The first-order chi connectivity index (χ1) is 10.1. The fourth-order valence-corrected chi connectivity index (χ4v) is 3.85. The molecule has 0 saturated heterocycles. The van der Waals surface area contributed by atoms with E-state index in [0.717, 1.165) is 0 Å². The third-order valence-corrected chi connectivity index (χ3v) is 5.16. The minimum absolute atomic E-state index is 0.0282. The molecule has 108 valence electrons. The molecule has 1 aromatic heterocycles. The third-order valence-electron chi connectivity index (χ3n) is 4.18. The second-order valence-electron chi connectivity index (χ2n) is 5.58. The second kappa shape index (κ2) is 5.60. The van der Waals surface area contributed by atoms with E-state index in [2.05, 4.69) is 68.0 Å². The lowest BCUT2D eigenvalue weighted by atomic mass is 9.92. The number of fused-ring (bicyclic) bond motifs is 1. The van der Waals surface area contributed by atoms with Crippen LogP contribution in [0.2, 0.25) is 0 Å². The van der Waals surface area contributed by atoms with Crippen molar-refractivity contribution in [1.82, 2.24) is 5.43 Å². The van der Waals surface area contributed by atoms with Crippen LogP contribution in [-0.4, -0.2) is 0 Å². The first-order valence-corrected chi connectivity index (χ1v) is 7.99. The summed E-state index contributed by atoms with van der Waals surface area (Å²) in [4.78, 5) is 0. The maximum atomic E-state index is 5.90. The highest BCUT2D eigenvalue weighted by Gasteiger charge is 2.19. The van der Waals surface area contributed by atoms with Gasteiger partial charge in [-0.2, -0.15) is 0 Å². The van der Waals surface area contributed by atoms with Crippen molar-refractivity contribution in [1.29, 1.82) is 0 Å². The van der Waals surface area contributed by atoms with Gasteiger partial charge in [0.15, 0.2) is 0 Å². The maximum Gasteiger partial charge on any atom is 0.0726 e. The highest BCUT2D eigenvalue weighted by atomic mass is 32.1. The number of aryl methyl sites for hydroxylation is 3. The van der Waals surface area contributed by atoms with Crippen molar-refractivity contribution in [2.45, 2.75) is 26.8 Å². The van der Waals surface area contributed by atoms with Crippen LogP contribution in [0.1, 0.15) is 33.9 Å². The minimum atomic E-state index is 0.0282. The van der Waals surface area contributed by atoms with Gasteiger partial charge in [-0.1, -0.05) is 30.3 Å². The molecule has 3 aromatic rings. The van der Waals surface area contributed by atoms with E-state index in [1.807, 2.05) is 0 Å². The standard InChI is InChI=1S/C18H20N2S/c1-11-8-13(3)15(9-12(11)2)18(20-19)16-10-21-17-7-5-4-6-14(16)17/h4-10,18,20H,19H2,1-3H3. The van der Waals surface area contributed by atoms with Crippen LogP contribution in [-0.2, 0) is 0 Å². The van der Waals surface area contributed by atoms with Crippen molar-refractivity contribution in [2.75, 3.05) is 0 Å². The lowest BCUT2D eigenvalue weighted by Gasteiger charge is -2.20.